The van der Waals surface area contributed by atoms with Crippen LogP contribution < -0.4 is 5.32 Å². The highest BCUT2D eigenvalue weighted by Gasteiger charge is 2.17. The van der Waals surface area contributed by atoms with Gasteiger partial charge in [-0.15, -0.1) is 0 Å². The zero-order chi connectivity index (χ0) is 14.1. The molecule has 2 aromatic rings. The zero-order valence-electron chi connectivity index (χ0n) is 12.1. The molecule has 20 heavy (non-hydrogen) atoms. The van der Waals surface area contributed by atoms with E-state index in [2.05, 4.69) is 36.3 Å². The SMILES string of the molecule is Cc1cc2ncn(CC(=O)NC3CCCC3)c2cc1C. The van der Waals surface area contributed by atoms with E-state index < -0.39 is 0 Å². The van der Waals surface area contributed by atoms with Crippen molar-refractivity contribution in [2.45, 2.75) is 52.1 Å². The van der Waals surface area contributed by atoms with Crippen molar-refractivity contribution in [3.8, 4) is 0 Å². The molecule has 1 aliphatic carbocycles. The third kappa shape index (κ3) is 2.55. The lowest BCUT2D eigenvalue weighted by atomic mass is 10.1. The summed E-state index contributed by atoms with van der Waals surface area (Å²) in [7, 11) is 0. The first-order chi connectivity index (χ1) is 9.63. The molecule has 1 saturated carbocycles. The number of nitrogens with zero attached hydrogens (tertiary/aromatic N) is 2. The van der Waals surface area contributed by atoms with Crippen molar-refractivity contribution in [2.75, 3.05) is 0 Å². The van der Waals surface area contributed by atoms with Crippen LogP contribution in [0.1, 0.15) is 36.8 Å². The predicted octanol–water partition coefficient (Wildman–Crippen LogP) is 2.71. The normalized spacial score (nSPS) is 15.9. The zero-order valence-corrected chi connectivity index (χ0v) is 12.1. The van der Waals surface area contributed by atoms with Crippen LogP contribution in [0.15, 0.2) is 18.5 Å². The lowest BCUT2D eigenvalue weighted by molar-refractivity contribution is -0.122. The molecule has 1 aromatic carbocycles. The number of carbonyl (C=O) groups is 1. The molecule has 0 unspecified atom stereocenters. The molecule has 0 aliphatic heterocycles. The molecule has 0 saturated heterocycles. The Morgan fingerprint density at radius 2 is 2.00 bits per heavy atom. The predicted molar refractivity (Wildman–Crippen MR) is 79.6 cm³/mol. The Hall–Kier alpha value is -1.84. The number of nitrogens with one attached hydrogen (secondary N) is 1. The molecule has 1 aromatic heterocycles. The molecule has 1 aliphatic rings. The van der Waals surface area contributed by atoms with Gasteiger partial charge >= 0.3 is 0 Å². The van der Waals surface area contributed by atoms with Crippen molar-refractivity contribution in [1.29, 1.82) is 0 Å². The minimum Gasteiger partial charge on any atom is -0.352 e. The monoisotopic (exact) mass is 271 g/mol. The molecular formula is C16H21N3O. The van der Waals surface area contributed by atoms with Crippen molar-refractivity contribution in [1.82, 2.24) is 14.9 Å². The molecule has 1 heterocycles. The fourth-order valence-electron chi connectivity index (χ4n) is 2.94. The van der Waals surface area contributed by atoms with Gasteiger partial charge in [-0.2, -0.15) is 0 Å². The van der Waals surface area contributed by atoms with Gasteiger partial charge in [0.2, 0.25) is 5.91 Å². The van der Waals surface area contributed by atoms with Crippen LogP contribution in [0.4, 0.5) is 0 Å². The van der Waals surface area contributed by atoms with Gasteiger partial charge in [-0.05, 0) is 49.9 Å². The Bertz CT molecular complexity index is 638. The summed E-state index contributed by atoms with van der Waals surface area (Å²) >= 11 is 0. The molecule has 4 heteroatoms. The first kappa shape index (κ1) is 13.2. The van der Waals surface area contributed by atoms with E-state index in [1.165, 1.54) is 24.0 Å². The maximum atomic E-state index is 12.1. The Labute approximate surface area is 119 Å². The fraction of sp³-hybridized carbons (Fsp3) is 0.500. The van der Waals surface area contributed by atoms with E-state index in [0.29, 0.717) is 12.6 Å². The number of benzene rings is 1. The van der Waals surface area contributed by atoms with Crippen LogP contribution >= 0.6 is 0 Å². The highest BCUT2D eigenvalue weighted by molar-refractivity contribution is 5.81. The quantitative estimate of drug-likeness (QED) is 0.933. The second-order valence-corrected chi connectivity index (χ2v) is 5.85. The second kappa shape index (κ2) is 5.27. The first-order valence-corrected chi connectivity index (χ1v) is 7.35. The third-order valence-corrected chi connectivity index (χ3v) is 4.27. The van der Waals surface area contributed by atoms with E-state index >= 15 is 0 Å². The van der Waals surface area contributed by atoms with Crippen LogP contribution in [0.5, 0.6) is 0 Å². The Kier molecular flexibility index (Phi) is 3.47. The summed E-state index contributed by atoms with van der Waals surface area (Å²) in [5.41, 5.74) is 4.46. The summed E-state index contributed by atoms with van der Waals surface area (Å²) in [6, 6.07) is 4.57. The summed E-state index contributed by atoms with van der Waals surface area (Å²) in [4.78, 5) is 16.5. The van der Waals surface area contributed by atoms with Gasteiger partial charge in [0.15, 0.2) is 0 Å². The van der Waals surface area contributed by atoms with Gasteiger partial charge in [0.25, 0.3) is 0 Å². The highest BCUT2D eigenvalue weighted by Crippen LogP contribution is 2.19. The smallest absolute Gasteiger partial charge is 0.240 e. The van der Waals surface area contributed by atoms with Crippen molar-refractivity contribution in [3.05, 3.63) is 29.6 Å². The number of imidazole rings is 1. The number of rotatable bonds is 3. The van der Waals surface area contributed by atoms with Crippen molar-refractivity contribution < 1.29 is 4.79 Å². The molecule has 106 valence electrons. The summed E-state index contributed by atoms with van der Waals surface area (Å²) in [6.45, 7) is 4.53. The largest absolute Gasteiger partial charge is 0.352 e. The number of amides is 1. The number of carbonyl (C=O) groups excluding carboxylic acids is 1. The molecule has 3 rings (SSSR count). The highest BCUT2D eigenvalue weighted by atomic mass is 16.2. The Balaban J connectivity index is 1.76. The standard InChI is InChI=1S/C16H21N3O/c1-11-7-14-15(8-12(11)2)19(10-17-14)9-16(20)18-13-5-3-4-6-13/h7-8,10,13H,3-6,9H2,1-2H3,(H,18,20). The number of aromatic nitrogens is 2. The second-order valence-electron chi connectivity index (χ2n) is 5.85. The summed E-state index contributed by atoms with van der Waals surface area (Å²) in [5, 5.41) is 3.12. The molecule has 0 atom stereocenters. The van der Waals surface area contributed by atoms with Gasteiger partial charge < -0.3 is 9.88 Å². The van der Waals surface area contributed by atoms with Gasteiger partial charge in [0, 0.05) is 6.04 Å². The van der Waals surface area contributed by atoms with Crippen LogP contribution in [0.25, 0.3) is 11.0 Å². The van der Waals surface area contributed by atoms with Gasteiger partial charge in [0.05, 0.1) is 17.4 Å². The van der Waals surface area contributed by atoms with Crippen molar-refractivity contribution in [2.24, 2.45) is 0 Å². The lowest BCUT2D eigenvalue weighted by Gasteiger charge is -2.12. The summed E-state index contributed by atoms with van der Waals surface area (Å²) in [5.74, 6) is 0.0921. The van der Waals surface area contributed by atoms with Crippen LogP contribution in [-0.4, -0.2) is 21.5 Å². The summed E-state index contributed by atoms with van der Waals surface area (Å²) in [6.07, 6.45) is 6.47. The molecule has 4 nitrogen and oxygen atoms in total. The first-order valence-electron chi connectivity index (χ1n) is 7.35. The lowest BCUT2D eigenvalue weighted by Crippen LogP contribution is -2.35. The van der Waals surface area contributed by atoms with Crippen molar-refractivity contribution in [3.63, 3.8) is 0 Å². The van der Waals surface area contributed by atoms with Gasteiger partial charge in [-0.3, -0.25) is 4.79 Å². The third-order valence-electron chi connectivity index (χ3n) is 4.27. The number of fused-ring (bicyclic) bond motifs is 1. The van der Waals surface area contributed by atoms with Gasteiger partial charge in [-0.25, -0.2) is 4.98 Å². The van der Waals surface area contributed by atoms with Gasteiger partial charge in [0.1, 0.15) is 6.54 Å². The van der Waals surface area contributed by atoms with Crippen LogP contribution in [0, 0.1) is 13.8 Å². The van der Waals surface area contributed by atoms with E-state index in [1.807, 2.05) is 4.57 Å². The van der Waals surface area contributed by atoms with Crippen molar-refractivity contribution >= 4 is 16.9 Å². The fourth-order valence-corrected chi connectivity index (χ4v) is 2.94. The van der Waals surface area contributed by atoms with Gasteiger partial charge in [-0.1, -0.05) is 12.8 Å². The number of aryl methyl sites for hydroxylation is 2. The average Bonchev–Trinajstić information content (AvgIpc) is 3.02. The van der Waals surface area contributed by atoms with E-state index in [-0.39, 0.29) is 5.91 Å². The van der Waals surface area contributed by atoms with Crippen LogP contribution in [-0.2, 0) is 11.3 Å². The number of hydrogen-bond acceptors (Lipinski definition) is 2. The van der Waals surface area contributed by atoms with E-state index in [4.69, 9.17) is 0 Å². The number of hydrogen-bond donors (Lipinski definition) is 1. The topological polar surface area (TPSA) is 46.9 Å². The molecule has 1 amide bonds. The Morgan fingerprint density at radius 3 is 2.75 bits per heavy atom. The maximum absolute atomic E-state index is 12.1. The van der Waals surface area contributed by atoms with E-state index in [9.17, 15) is 4.79 Å². The van der Waals surface area contributed by atoms with Crippen LogP contribution in [0.3, 0.4) is 0 Å². The van der Waals surface area contributed by atoms with E-state index in [1.54, 1.807) is 6.33 Å². The molecule has 1 fully saturated rings. The van der Waals surface area contributed by atoms with Crippen LogP contribution in [0.2, 0.25) is 0 Å². The molecule has 0 bridgehead atoms. The average molecular weight is 271 g/mol. The molecule has 1 N–H and O–H groups in total. The molecule has 0 spiro atoms. The molecule has 0 radical (unpaired) electrons. The summed E-state index contributed by atoms with van der Waals surface area (Å²) < 4.78 is 1.94. The molecular weight excluding hydrogens is 250 g/mol. The van der Waals surface area contributed by atoms with E-state index in [0.717, 1.165) is 23.9 Å². The minimum atomic E-state index is 0.0921. The Morgan fingerprint density at radius 1 is 1.30 bits per heavy atom. The maximum Gasteiger partial charge on any atom is 0.240 e. The minimum absolute atomic E-state index is 0.0921.